The molecule has 0 aliphatic rings. The van der Waals surface area contributed by atoms with Crippen molar-refractivity contribution in [3.05, 3.63) is 30.1 Å². The van der Waals surface area contributed by atoms with Crippen molar-refractivity contribution >= 4 is 5.97 Å². The fraction of sp³-hybridized carbons (Fsp3) is 0.273. The Hall–Kier alpha value is -2.31. The van der Waals surface area contributed by atoms with E-state index >= 15 is 0 Å². The molecular weight excluding hydrogens is 239 g/mol. The van der Waals surface area contributed by atoms with Gasteiger partial charge in [0.25, 0.3) is 0 Å². The van der Waals surface area contributed by atoms with E-state index in [0.29, 0.717) is 24.4 Å². The molecule has 0 spiro atoms. The van der Waals surface area contributed by atoms with Crippen molar-refractivity contribution in [1.29, 1.82) is 0 Å². The van der Waals surface area contributed by atoms with Crippen molar-refractivity contribution in [3.8, 4) is 11.4 Å². The Morgan fingerprint density at radius 1 is 1.44 bits per heavy atom. The summed E-state index contributed by atoms with van der Waals surface area (Å²) >= 11 is 0. The smallest absolute Gasteiger partial charge is 0.303 e. The van der Waals surface area contributed by atoms with E-state index < -0.39 is 5.97 Å². The molecule has 7 heteroatoms. The predicted molar refractivity (Wildman–Crippen MR) is 60.1 cm³/mol. The maximum Gasteiger partial charge on any atom is 0.303 e. The summed E-state index contributed by atoms with van der Waals surface area (Å²) in [7, 11) is 0. The number of tetrazole rings is 1. The number of carboxylic acid groups (broad SMARTS) is 1. The molecule has 0 aliphatic carbocycles. The van der Waals surface area contributed by atoms with E-state index in [-0.39, 0.29) is 12.2 Å². The van der Waals surface area contributed by atoms with Gasteiger partial charge in [-0.3, -0.25) is 4.79 Å². The first-order valence-corrected chi connectivity index (χ1v) is 5.41. The largest absolute Gasteiger partial charge is 0.481 e. The molecule has 0 radical (unpaired) electrons. The molecule has 1 aromatic heterocycles. The predicted octanol–water partition coefficient (Wildman–Crippen LogP) is 1.34. The van der Waals surface area contributed by atoms with Gasteiger partial charge in [-0.1, -0.05) is 12.1 Å². The van der Waals surface area contributed by atoms with Crippen LogP contribution < -0.4 is 0 Å². The molecule has 0 bridgehead atoms. The normalized spacial score (nSPS) is 10.5. The number of nitrogens with zero attached hydrogens (tertiary/aromatic N) is 4. The zero-order valence-corrected chi connectivity index (χ0v) is 9.45. The van der Waals surface area contributed by atoms with Crippen molar-refractivity contribution in [2.75, 3.05) is 0 Å². The van der Waals surface area contributed by atoms with Gasteiger partial charge in [-0.25, -0.2) is 9.07 Å². The lowest BCUT2D eigenvalue weighted by atomic mass is 10.2. The van der Waals surface area contributed by atoms with Crippen LogP contribution in [0.5, 0.6) is 0 Å². The Labute approximate surface area is 102 Å². The van der Waals surface area contributed by atoms with Crippen LogP contribution in [-0.4, -0.2) is 31.3 Å². The molecule has 2 aromatic rings. The van der Waals surface area contributed by atoms with Gasteiger partial charge in [-0.05, 0) is 29.0 Å². The average molecular weight is 250 g/mol. The molecule has 0 aliphatic heterocycles. The second-order valence-electron chi connectivity index (χ2n) is 3.73. The number of aryl methyl sites for hydroxylation is 1. The topological polar surface area (TPSA) is 80.9 Å². The zero-order valence-electron chi connectivity index (χ0n) is 9.45. The van der Waals surface area contributed by atoms with Gasteiger partial charge in [0.15, 0.2) is 5.82 Å². The minimum Gasteiger partial charge on any atom is -0.481 e. The highest BCUT2D eigenvalue weighted by atomic mass is 19.1. The van der Waals surface area contributed by atoms with Gasteiger partial charge in [0, 0.05) is 18.5 Å². The van der Waals surface area contributed by atoms with E-state index in [9.17, 15) is 9.18 Å². The maximum atomic E-state index is 13.1. The van der Waals surface area contributed by atoms with E-state index in [1.54, 1.807) is 12.1 Å². The molecule has 94 valence electrons. The molecule has 0 unspecified atom stereocenters. The summed E-state index contributed by atoms with van der Waals surface area (Å²) in [4.78, 5) is 10.4. The first-order valence-electron chi connectivity index (χ1n) is 5.41. The molecule has 1 N–H and O–H groups in total. The third-order valence-electron chi connectivity index (χ3n) is 2.38. The summed E-state index contributed by atoms with van der Waals surface area (Å²) in [6.07, 6.45) is 0.463. The SMILES string of the molecule is O=C(O)CCCn1nnnc1-c1cccc(F)c1. The Bertz CT molecular complexity index is 555. The lowest BCUT2D eigenvalue weighted by molar-refractivity contribution is -0.137. The van der Waals surface area contributed by atoms with Crippen molar-refractivity contribution in [3.63, 3.8) is 0 Å². The van der Waals surface area contributed by atoms with Gasteiger partial charge in [0.1, 0.15) is 5.82 Å². The fourth-order valence-corrected chi connectivity index (χ4v) is 1.57. The van der Waals surface area contributed by atoms with Crippen molar-refractivity contribution in [2.45, 2.75) is 19.4 Å². The Morgan fingerprint density at radius 3 is 3.00 bits per heavy atom. The van der Waals surface area contributed by atoms with Gasteiger partial charge < -0.3 is 5.11 Å². The highest BCUT2D eigenvalue weighted by molar-refractivity contribution is 5.66. The zero-order chi connectivity index (χ0) is 13.0. The molecule has 0 fully saturated rings. The Morgan fingerprint density at radius 2 is 2.28 bits per heavy atom. The molecule has 2 rings (SSSR count). The second kappa shape index (κ2) is 5.35. The number of aliphatic carboxylic acids is 1. The van der Waals surface area contributed by atoms with E-state index in [1.807, 2.05) is 0 Å². The van der Waals surface area contributed by atoms with E-state index in [1.165, 1.54) is 16.8 Å². The summed E-state index contributed by atoms with van der Waals surface area (Å²) in [5.74, 6) is -0.803. The second-order valence-corrected chi connectivity index (χ2v) is 3.73. The average Bonchev–Trinajstić information content (AvgIpc) is 2.77. The van der Waals surface area contributed by atoms with Crippen molar-refractivity contribution < 1.29 is 14.3 Å². The number of halogens is 1. The van der Waals surface area contributed by atoms with E-state index in [0.717, 1.165) is 0 Å². The number of benzene rings is 1. The van der Waals surface area contributed by atoms with Crippen LogP contribution in [-0.2, 0) is 11.3 Å². The number of hydrogen-bond acceptors (Lipinski definition) is 4. The van der Waals surface area contributed by atoms with Crippen LogP contribution in [0.1, 0.15) is 12.8 Å². The molecule has 1 heterocycles. The standard InChI is InChI=1S/C11H11FN4O2/c12-9-4-1-3-8(7-9)11-13-14-15-16(11)6-2-5-10(17)18/h1,3-4,7H,2,5-6H2,(H,17,18). The molecule has 0 saturated heterocycles. The first kappa shape index (κ1) is 12.2. The number of hydrogen-bond donors (Lipinski definition) is 1. The lowest BCUT2D eigenvalue weighted by Crippen LogP contribution is -2.05. The highest BCUT2D eigenvalue weighted by Crippen LogP contribution is 2.16. The highest BCUT2D eigenvalue weighted by Gasteiger charge is 2.09. The lowest BCUT2D eigenvalue weighted by Gasteiger charge is -2.03. The first-order chi connectivity index (χ1) is 8.66. The minimum absolute atomic E-state index is 0.0441. The van der Waals surface area contributed by atoms with Crippen LogP contribution in [0, 0.1) is 5.82 Å². The fourth-order valence-electron chi connectivity index (χ4n) is 1.57. The third-order valence-corrected chi connectivity index (χ3v) is 2.38. The number of carboxylic acids is 1. The molecule has 1 aromatic carbocycles. The summed E-state index contributed by atoms with van der Waals surface area (Å²) in [6.45, 7) is 0.380. The van der Waals surface area contributed by atoms with Crippen LogP contribution in [0.15, 0.2) is 24.3 Å². The molecule has 0 amide bonds. The van der Waals surface area contributed by atoms with Gasteiger partial charge in [0.2, 0.25) is 0 Å². The quantitative estimate of drug-likeness (QED) is 0.866. The summed E-state index contributed by atoms with van der Waals surface area (Å²) in [5, 5.41) is 19.6. The minimum atomic E-state index is -0.865. The number of carbonyl (C=O) groups is 1. The molecular formula is C11H11FN4O2. The van der Waals surface area contributed by atoms with E-state index in [4.69, 9.17) is 5.11 Å². The van der Waals surface area contributed by atoms with Crippen LogP contribution in [0.3, 0.4) is 0 Å². The van der Waals surface area contributed by atoms with Gasteiger partial charge in [-0.2, -0.15) is 0 Å². The summed E-state index contributed by atoms with van der Waals surface area (Å²) in [6, 6.07) is 5.94. The van der Waals surface area contributed by atoms with Crippen LogP contribution >= 0.6 is 0 Å². The molecule has 6 nitrogen and oxygen atoms in total. The van der Waals surface area contributed by atoms with Crippen molar-refractivity contribution in [2.24, 2.45) is 0 Å². The number of aromatic nitrogens is 4. The van der Waals surface area contributed by atoms with Crippen LogP contribution in [0.4, 0.5) is 4.39 Å². The molecule has 0 atom stereocenters. The monoisotopic (exact) mass is 250 g/mol. The maximum absolute atomic E-state index is 13.1. The summed E-state index contributed by atoms with van der Waals surface area (Å²) in [5.41, 5.74) is 0.565. The summed E-state index contributed by atoms with van der Waals surface area (Å²) < 4.78 is 14.6. The third kappa shape index (κ3) is 2.88. The van der Waals surface area contributed by atoms with Gasteiger partial charge >= 0.3 is 5.97 Å². The number of rotatable bonds is 5. The van der Waals surface area contributed by atoms with Crippen LogP contribution in [0.25, 0.3) is 11.4 Å². The van der Waals surface area contributed by atoms with Gasteiger partial charge in [0.05, 0.1) is 0 Å². The molecule has 0 saturated carbocycles. The van der Waals surface area contributed by atoms with Crippen molar-refractivity contribution in [1.82, 2.24) is 20.2 Å². The molecule has 18 heavy (non-hydrogen) atoms. The Kier molecular flexibility index (Phi) is 3.61. The van der Waals surface area contributed by atoms with E-state index in [2.05, 4.69) is 15.5 Å². The van der Waals surface area contributed by atoms with Gasteiger partial charge in [-0.15, -0.1) is 5.10 Å². The van der Waals surface area contributed by atoms with Crippen LogP contribution in [0.2, 0.25) is 0 Å². The Balaban J connectivity index is 2.15.